The van der Waals surface area contributed by atoms with Gasteiger partial charge in [0.05, 0.1) is 11.3 Å². The lowest BCUT2D eigenvalue weighted by atomic mass is 10.1. The van der Waals surface area contributed by atoms with Crippen LogP contribution >= 0.6 is 0 Å². The zero-order valence-corrected chi connectivity index (χ0v) is 12.0. The van der Waals surface area contributed by atoms with Crippen molar-refractivity contribution in [3.05, 3.63) is 48.4 Å². The highest BCUT2D eigenvalue weighted by Gasteiger charge is 2.13. The third kappa shape index (κ3) is 4.37. The standard InChI is InChI=1S/C16H17N3O3/c20-14(21)8-4-5-9-18-16(22)13-10-17-11-19-15(13)12-6-2-1-3-7-12/h1-3,6-7,10-11H,4-5,8-9H2,(H,18,22)(H,20,21). The first kappa shape index (κ1) is 15.6. The molecule has 2 aromatic rings. The maximum atomic E-state index is 12.2. The van der Waals surface area contributed by atoms with Crippen molar-refractivity contribution >= 4 is 11.9 Å². The molecule has 1 amide bonds. The van der Waals surface area contributed by atoms with Gasteiger partial charge in [-0.2, -0.15) is 0 Å². The van der Waals surface area contributed by atoms with Gasteiger partial charge in [-0.05, 0) is 12.8 Å². The molecule has 0 atom stereocenters. The van der Waals surface area contributed by atoms with Gasteiger partial charge in [-0.3, -0.25) is 9.59 Å². The second-order valence-electron chi connectivity index (χ2n) is 4.76. The van der Waals surface area contributed by atoms with Crippen LogP contribution in [0.5, 0.6) is 0 Å². The van der Waals surface area contributed by atoms with Crippen LogP contribution in [-0.2, 0) is 4.79 Å². The highest BCUT2D eigenvalue weighted by atomic mass is 16.4. The van der Waals surface area contributed by atoms with Crippen LogP contribution in [0.4, 0.5) is 0 Å². The Hall–Kier alpha value is -2.76. The van der Waals surface area contributed by atoms with E-state index < -0.39 is 5.97 Å². The SMILES string of the molecule is O=C(O)CCCCNC(=O)c1cncnc1-c1ccccc1. The predicted octanol–water partition coefficient (Wildman–Crippen LogP) is 2.13. The minimum absolute atomic E-state index is 0.111. The van der Waals surface area contributed by atoms with E-state index in [0.717, 1.165) is 5.56 Å². The van der Waals surface area contributed by atoms with Gasteiger partial charge >= 0.3 is 5.97 Å². The van der Waals surface area contributed by atoms with Crippen LogP contribution in [0.25, 0.3) is 11.3 Å². The lowest BCUT2D eigenvalue weighted by molar-refractivity contribution is -0.137. The summed E-state index contributed by atoms with van der Waals surface area (Å²) in [7, 11) is 0. The van der Waals surface area contributed by atoms with E-state index in [0.29, 0.717) is 30.6 Å². The number of nitrogens with zero attached hydrogens (tertiary/aromatic N) is 2. The number of aliphatic carboxylic acids is 1. The Labute approximate surface area is 128 Å². The van der Waals surface area contributed by atoms with Crippen molar-refractivity contribution in [2.45, 2.75) is 19.3 Å². The number of carboxylic acid groups (broad SMARTS) is 1. The van der Waals surface area contributed by atoms with Crippen LogP contribution in [0.2, 0.25) is 0 Å². The molecule has 0 bridgehead atoms. The molecular formula is C16H17N3O3. The van der Waals surface area contributed by atoms with Gasteiger partial charge in [0.25, 0.3) is 5.91 Å². The molecule has 0 saturated heterocycles. The maximum absolute atomic E-state index is 12.2. The number of carbonyl (C=O) groups excluding carboxylic acids is 1. The largest absolute Gasteiger partial charge is 0.481 e. The molecule has 22 heavy (non-hydrogen) atoms. The summed E-state index contributed by atoms with van der Waals surface area (Å²) in [5, 5.41) is 11.3. The van der Waals surface area contributed by atoms with Crippen molar-refractivity contribution < 1.29 is 14.7 Å². The summed E-state index contributed by atoms with van der Waals surface area (Å²) >= 11 is 0. The van der Waals surface area contributed by atoms with E-state index in [4.69, 9.17) is 5.11 Å². The Balaban J connectivity index is 2.00. The van der Waals surface area contributed by atoms with Gasteiger partial charge in [-0.1, -0.05) is 30.3 Å². The van der Waals surface area contributed by atoms with Crippen molar-refractivity contribution in [1.29, 1.82) is 0 Å². The molecule has 2 N–H and O–H groups in total. The quantitative estimate of drug-likeness (QED) is 0.764. The molecular weight excluding hydrogens is 282 g/mol. The molecule has 1 aromatic carbocycles. The Morgan fingerprint density at radius 1 is 1.14 bits per heavy atom. The van der Waals surface area contributed by atoms with E-state index in [1.54, 1.807) is 0 Å². The highest BCUT2D eigenvalue weighted by molar-refractivity contribution is 5.99. The van der Waals surface area contributed by atoms with Crippen molar-refractivity contribution in [2.75, 3.05) is 6.54 Å². The van der Waals surface area contributed by atoms with E-state index >= 15 is 0 Å². The molecule has 114 valence electrons. The molecule has 1 aromatic heterocycles. The van der Waals surface area contributed by atoms with Gasteiger partial charge in [0, 0.05) is 24.7 Å². The molecule has 2 rings (SSSR count). The fourth-order valence-electron chi connectivity index (χ4n) is 2.02. The molecule has 6 heteroatoms. The number of carbonyl (C=O) groups is 2. The topological polar surface area (TPSA) is 92.2 Å². The van der Waals surface area contributed by atoms with E-state index in [1.807, 2.05) is 30.3 Å². The highest BCUT2D eigenvalue weighted by Crippen LogP contribution is 2.19. The predicted molar refractivity (Wildman–Crippen MR) is 81.3 cm³/mol. The number of hydrogen-bond donors (Lipinski definition) is 2. The van der Waals surface area contributed by atoms with E-state index in [9.17, 15) is 9.59 Å². The number of hydrogen-bond acceptors (Lipinski definition) is 4. The summed E-state index contributed by atoms with van der Waals surface area (Å²) in [5.74, 6) is -1.08. The number of carboxylic acids is 1. The Kier molecular flexibility index (Phi) is 5.59. The summed E-state index contributed by atoms with van der Waals surface area (Å²) in [6, 6.07) is 9.42. The molecule has 0 fully saturated rings. The number of amides is 1. The van der Waals surface area contributed by atoms with E-state index in [1.165, 1.54) is 12.5 Å². The summed E-state index contributed by atoms with van der Waals surface area (Å²) in [5.41, 5.74) is 1.84. The summed E-state index contributed by atoms with van der Waals surface area (Å²) < 4.78 is 0. The number of aromatic nitrogens is 2. The summed E-state index contributed by atoms with van der Waals surface area (Å²) in [6.45, 7) is 0.426. The summed E-state index contributed by atoms with van der Waals surface area (Å²) in [6.07, 6.45) is 4.16. The minimum atomic E-state index is -0.825. The molecule has 0 saturated carbocycles. The van der Waals surface area contributed by atoms with E-state index in [-0.39, 0.29) is 12.3 Å². The Bertz CT molecular complexity index is 644. The van der Waals surface area contributed by atoms with Gasteiger partial charge in [0.2, 0.25) is 0 Å². The molecule has 0 unspecified atom stereocenters. The molecule has 0 aliphatic carbocycles. The fourth-order valence-corrected chi connectivity index (χ4v) is 2.02. The van der Waals surface area contributed by atoms with Crippen LogP contribution in [0, 0.1) is 0 Å². The second-order valence-corrected chi connectivity index (χ2v) is 4.76. The van der Waals surface area contributed by atoms with Crippen LogP contribution < -0.4 is 5.32 Å². The average Bonchev–Trinajstić information content (AvgIpc) is 2.55. The third-order valence-electron chi connectivity index (χ3n) is 3.11. The monoisotopic (exact) mass is 299 g/mol. The van der Waals surface area contributed by atoms with Gasteiger partial charge in [-0.25, -0.2) is 9.97 Å². The summed E-state index contributed by atoms with van der Waals surface area (Å²) in [4.78, 5) is 30.7. The van der Waals surface area contributed by atoms with Gasteiger partial charge in [0.15, 0.2) is 0 Å². The average molecular weight is 299 g/mol. The lowest BCUT2D eigenvalue weighted by Gasteiger charge is -2.08. The number of benzene rings is 1. The molecule has 1 heterocycles. The lowest BCUT2D eigenvalue weighted by Crippen LogP contribution is -2.25. The third-order valence-corrected chi connectivity index (χ3v) is 3.11. The fraction of sp³-hybridized carbons (Fsp3) is 0.250. The molecule has 0 spiro atoms. The zero-order chi connectivity index (χ0) is 15.8. The van der Waals surface area contributed by atoms with Gasteiger partial charge in [-0.15, -0.1) is 0 Å². The molecule has 0 aliphatic heterocycles. The first-order valence-corrected chi connectivity index (χ1v) is 7.04. The van der Waals surface area contributed by atoms with Crippen LogP contribution in [-0.4, -0.2) is 33.5 Å². The first-order valence-electron chi connectivity index (χ1n) is 7.04. The van der Waals surface area contributed by atoms with Crippen molar-refractivity contribution in [2.24, 2.45) is 0 Å². The van der Waals surface area contributed by atoms with Crippen molar-refractivity contribution in [1.82, 2.24) is 15.3 Å². The second kappa shape index (κ2) is 7.87. The maximum Gasteiger partial charge on any atom is 0.303 e. The van der Waals surface area contributed by atoms with Gasteiger partial charge in [0.1, 0.15) is 6.33 Å². The van der Waals surface area contributed by atoms with Crippen LogP contribution in [0.15, 0.2) is 42.9 Å². The van der Waals surface area contributed by atoms with Crippen molar-refractivity contribution in [3.63, 3.8) is 0 Å². The van der Waals surface area contributed by atoms with Gasteiger partial charge < -0.3 is 10.4 Å². The minimum Gasteiger partial charge on any atom is -0.481 e. The Morgan fingerprint density at radius 2 is 1.91 bits per heavy atom. The number of unbranched alkanes of at least 4 members (excludes halogenated alkanes) is 1. The van der Waals surface area contributed by atoms with E-state index in [2.05, 4.69) is 15.3 Å². The smallest absolute Gasteiger partial charge is 0.303 e. The normalized spacial score (nSPS) is 10.2. The zero-order valence-electron chi connectivity index (χ0n) is 12.0. The molecule has 0 aliphatic rings. The first-order chi connectivity index (χ1) is 10.7. The van der Waals surface area contributed by atoms with Crippen LogP contribution in [0.1, 0.15) is 29.6 Å². The Morgan fingerprint density at radius 3 is 2.64 bits per heavy atom. The van der Waals surface area contributed by atoms with Crippen molar-refractivity contribution in [3.8, 4) is 11.3 Å². The number of nitrogens with one attached hydrogen (secondary N) is 1. The molecule has 0 radical (unpaired) electrons. The number of rotatable bonds is 7. The molecule has 6 nitrogen and oxygen atoms in total. The van der Waals surface area contributed by atoms with Crippen LogP contribution in [0.3, 0.4) is 0 Å².